The van der Waals surface area contributed by atoms with Gasteiger partial charge in [0.15, 0.2) is 0 Å². The molecular formula is C27H31N5O3. The Morgan fingerprint density at radius 2 is 1.83 bits per heavy atom. The minimum atomic E-state index is -0.101. The predicted molar refractivity (Wildman–Crippen MR) is 135 cm³/mol. The summed E-state index contributed by atoms with van der Waals surface area (Å²) in [6, 6.07) is 15.7. The van der Waals surface area contributed by atoms with Crippen LogP contribution in [0, 0.1) is 6.92 Å². The molecule has 0 radical (unpaired) electrons. The van der Waals surface area contributed by atoms with Crippen molar-refractivity contribution in [2.24, 2.45) is 0 Å². The van der Waals surface area contributed by atoms with Crippen LogP contribution < -0.4 is 15.0 Å². The summed E-state index contributed by atoms with van der Waals surface area (Å²) in [5, 5.41) is 3.07. The molecule has 2 aliphatic heterocycles. The van der Waals surface area contributed by atoms with E-state index in [1.165, 1.54) is 0 Å². The number of amides is 2. The fourth-order valence-corrected chi connectivity index (χ4v) is 4.66. The first-order valence-electron chi connectivity index (χ1n) is 12.1. The summed E-state index contributed by atoms with van der Waals surface area (Å²) < 4.78 is 11.1. The van der Waals surface area contributed by atoms with Crippen molar-refractivity contribution in [3.8, 4) is 5.75 Å². The van der Waals surface area contributed by atoms with Gasteiger partial charge in [-0.1, -0.05) is 36.4 Å². The molecule has 2 amide bonds. The Labute approximate surface area is 205 Å². The second kappa shape index (κ2) is 10.3. The lowest BCUT2D eigenvalue weighted by atomic mass is 10.0. The van der Waals surface area contributed by atoms with Crippen LogP contribution in [0.25, 0.3) is 0 Å². The van der Waals surface area contributed by atoms with E-state index in [2.05, 4.69) is 10.2 Å². The summed E-state index contributed by atoms with van der Waals surface area (Å²) >= 11 is 0. The van der Waals surface area contributed by atoms with Gasteiger partial charge in [0, 0.05) is 49.3 Å². The second-order valence-corrected chi connectivity index (χ2v) is 8.89. The van der Waals surface area contributed by atoms with Crippen molar-refractivity contribution >= 4 is 17.5 Å². The lowest BCUT2D eigenvalue weighted by molar-refractivity contribution is 0.122. The number of ether oxygens (including phenoxy) is 2. The van der Waals surface area contributed by atoms with E-state index in [0.717, 1.165) is 58.6 Å². The van der Waals surface area contributed by atoms with Gasteiger partial charge in [-0.2, -0.15) is 0 Å². The molecule has 1 saturated heterocycles. The van der Waals surface area contributed by atoms with Crippen LogP contribution in [0.15, 0.2) is 48.5 Å². The topological polar surface area (TPSA) is 79.8 Å². The zero-order valence-electron chi connectivity index (χ0n) is 20.3. The number of rotatable bonds is 5. The van der Waals surface area contributed by atoms with E-state index in [4.69, 9.17) is 19.4 Å². The van der Waals surface area contributed by atoms with Gasteiger partial charge in [0.1, 0.15) is 17.4 Å². The number of urea groups is 1. The molecular weight excluding hydrogens is 442 g/mol. The number of nitrogens with zero attached hydrogens (tertiary/aromatic N) is 4. The largest absolute Gasteiger partial charge is 0.496 e. The number of nitrogens with one attached hydrogen (secondary N) is 1. The number of anilines is 2. The summed E-state index contributed by atoms with van der Waals surface area (Å²) in [5.74, 6) is 2.52. The molecule has 3 aromatic rings. The molecule has 1 fully saturated rings. The number of morpholine rings is 1. The Balaban J connectivity index is 1.43. The van der Waals surface area contributed by atoms with Crippen molar-refractivity contribution in [3.05, 3.63) is 76.7 Å². The van der Waals surface area contributed by atoms with Crippen LogP contribution >= 0.6 is 0 Å². The van der Waals surface area contributed by atoms with Crippen molar-refractivity contribution in [2.75, 3.05) is 50.2 Å². The lowest BCUT2D eigenvalue weighted by Crippen LogP contribution is -2.42. The summed E-state index contributed by atoms with van der Waals surface area (Å²) in [4.78, 5) is 27.2. The maximum absolute atomic E-state index is 13.1. The zero-order chi connectivity index (χ0) is 24.2. The van der Waals surface area contributed by atoms with Crippen LogP contribution in [0.3, 0.4) is 0 Å². The third-order valence-electron chi connectivity index (χ3n) is 6.61. The highest BCUT2D eigenvalue weighted by atomic mass is 16.5. The molecule has 0 atom stereocenters. The van der Waals surface area contributed by atoms with Crippen LogP contribution in [-0.4, -0.2) is 60.9 Å². The summed E-state index contributed by atoms with van der Waals surface area (Å²) in [6.07, 6.45) is 1.28. The third kappa shape index (κ3) is 5.07. The fraction of sp³-hybridized carbons (Fsp3) is 0.370. The molecule has 0 saturated carbocycles. The summed E-state index contributed by atoms with van der Waals surface area (Å²) in [7, 11) is 1.68. The first kappa shape index (κ1) is 23.1. The van der Waals surface area contributed by atoms with E-state index in [0.29, 0.717) is 39.1 Å². The molecule has 2 aromatic carbocycles. The van der Waals surface area contributed by atoms with Gasteiger partial charge < -0.3 is 24.6 Å². The first-order chi connectivity index (χ1) is 17.1. The normalized spacial score (nSPS) is 15.5. The van der Waals surface area contributed by atoms with E-state index in [9.17, 15) is 4.79 Å². The smallest absolute Gasteiger partial charge is 0.322 e. The van der Waals surface area contributed by atoms with E-state index in [-0.39, 0.29) is 6.03 Å². The molecule has 35 heavy (non-hydrogen) atoms. The Morgan fingerprint density at radius 1 is 1.06 bits per heavy atom. The molecule has 0 bridgehead atoms. The molecule has 8 nitrogen and oxygen atoms in total. The molecule has 1 N–H and O–H groups in total. The van der Waals surface area contributed by atoms with Crippen LogP contribution in [0.2, 0.25) is 0 Å². The number of hydrogen-bond acceptors (Lipinski definition) is 6. The highest BCUT2D eigenvalue weighted by Crippen LogP contribution is 2.29. The van der Waals surface area contributed by atoms with E-state index in [1.807, 2.05) is 60.4 Å². The maximum Gasteiger partial charge on any atom is 0.322 e. The van der Waals surface area contributed by atoms with Gasteiger partial charge in [-0.05, 0) is 24.6 Å². The number of aryl methyl sites for hydroxylation is 1. The first-order valence-corrected chi connectivity index (χ1v) is 12.1. The Morgan fingerprint density at radius 3 is 2.63 bits per heavy atom. The van der Waals surface area contributed by atoms with Gasteiger partial charge in [-0.15, -0.1) is 0 Å². The van der Waals surface area contributed by atoms with Crippen molar-refractivity contribution in [1.29, 1.82) is 0 Å². The van der Waals surface area contributed by atoms with Gasteiger partial charge in [-0.3, -0.25) is 0 Å². The average molecular weight is 474 g/mol. The highest BCUT2D eigenvalue weighted by molar-refractivity contribution is 5.90. The van der Waals surface area contributed by atoms with Crippen LogP contribution in [0.5, 0.6) is 5.75 Å². The van der Waals surface area contributed by atoms with Crippen molar-refractivity contribution in [1.82, 2.24) is 14.9 Å². The van der Waals surface area contributed by atoms with Gasteiger partial charge in [0.05, 0.1) is 32.6 Å². The van der Waals surface area contributed by atoms with Crippen molar-refractivity contribution < 1.29 is 14.3 Å². The van der Waals surface area contributed by atoms with Crippen LogP contribution in [0.1, 0.15) is 28.2 Å². The third-order valence-corrected chi connectivity index (χ3v) is 6.61. The number of carbonyl (C=O) groups is 1. The highest BCUT2D eigenvalue weighted by Gasteiger charge is 2.28. The molecule has 0 unspecified atom stereocenters. The molecule has 0 spiro atoms. The molecule has 182 valence electrons. The number of carbonyl (C=O) groups excluding carboxylic acids is 1. The van der Waals surface area contributed by atoms with Gasteiger partial charge in [-0.25, -0.2) is 14.8 Å². The van der Waals surface area contributed by atoms with E-state index in [1.54, 1.807) is 7.11 Å². The van der Waals surface area contributed by atoms with E-state index >= 15 is 0 Å². The number of aromatic nitrogens is 2. The van der Waals surface area contributed by atoms with Gasteiger partial charge >= 0.3 is 6.03 Å². The second-order valence-electron chi connectivity index (χ2n) is 8.89. The number of hydrogen-bond donors (Lipinski definition) is 1. The quantitative estimate of drug-likeness (QED) is 0.607. The minimum Gasteiger partial charge on any atom is -0.496 e. The molecule has 8 heteroatoms. The summed E-state index contributed by atoms with van der Waals surface area (Å²) in [6.45, 7) is 5.96. The zero-order valence-corrected chi connectivity index (χ0v) is 20.3. The number of fused-ring (bicyclic) bond motifs is 1. The number of methoxy groups -OCH3 is 1. The van der Waals surface area contributed by atoms with Crippen molar-refractivity contribution in [3.63, 3.8) is 0 Å². The maximum atomic E-state index is 13.1. The van der Waals surface area contributed by atoms with Gasteiger partial charge in [0.2, 0.25) is 0 Å². The Kier molecular flexibility index (Phi) is 6.81. The summed E-state index contributed by atoms with van der Waals surface area (Å²) in [5.41, 5.74) is 4.97. The minimum absolute atomic E-state index is 0.101. The number of benzene rings is 2. The molecule has 3 heterocycles. The van der Waals surface area contributed by atoms with Crippen molar-refractivity contribution in [2.45, 2.75) is 26.3 Å². The van der Waals surface area contributed by atoms with Crippen LogP contribution in [0.4, 0.5) is 16.3 Å². The molecule has 1 aromatic heterocycles. The Bertz CT molecular complexity index is 1210. The Hall–Kier alpha value is -3.65. The molecule has 5 rings (SSSR count). The monoisotopic (exact) mass is 473 g/mol. The SMILES string of the molecule is COc1ccccc1Cc1nc2c(c(N3CCOCC3)n1)CN(C(=O)Nc1ccccc1C)CC2. The fourth-order valence-electron chi connectivity index (χ4n) is 4.66. The van der Waals surface area contributed by atoms with E-state index < -0.39 is 0 Å². The number of para-hydroxylation sites is 2. The predicted octanol–water partition coefficient (Wildman–Crippen LogP) is 3.81. The van der Waals surface area contributed by atoms with Gasteiger partial charge in [0.25, 0.3) is 0 Å². The average Bonchev–Trinajstić information content (AvgIpc) is 2.90. The molecule has 2 aliphatic rings. The van der Waals surface area contributed by atoms with Crippen LogP contribution in [-0.2, 0) is 24.1 Å². The molecule has 0 aliphatic carbocycles. The lowest BCUT2D eigenvalue weighted by Gasteiger charge is -2.34. The standard InChI is InChI=1S/C27H31N5O3/c1-19-7-3-5-9-22(19)29-27(33)32-12-11-23-21(18-32)26(31-13-15-35-16-14-31)30-25(28-23)17-20-8-4-6-10-24(20)34-2/h3-10H,11-18H2,1-2H3,(H,29,33).